The van der Waals surface area contributed by atoms with Crippen LogP contribution in [0.5, 0.6) is 5.75 Å². The van der Waals surface area contributed by atoms with Gasteiger partial charge < -0.3 is 10.1 Å². The van der Waals surface area contributed by atoms with Crippen LogP contribution < -0.4 is 10.1 Å². The molecule has 0 aliphatic heterocycles. The minimum absolute atomic E-state index is 0.199. The van der Waals surface area contributed by atoms with Crippen LogP contribution in [0, 0.1) is 13.8 Å². The number of amides is 1. The van der Waals surface area contributed by atoms with Crippen molar-refractivity contribution in [3.8, 4) is 16.9 Å². The Kier molecular flexibility index (Phi) is 6.62. The Morgan fingerprint density at radius 3 is 2.22 bits per heavy atom. The number of nitrogens with zero attached hydrogens (tertiary/aromatic N) is 4. The summed E-state index contributed by atoms with van der Waals surface area (Å²) in [5.41, 5.74) is 6.11. The largest absolute Gasteiger partial charge is 0.471 e. The number of carbonyl (C=O) groups is 1. The summed E-state index contributed by atoms with van der Waals surface area (Å²) in [6, 6.07) is 29.9. The van der Waals surface area contributed by atoms with Crippen molar-refractivity contribution >= 4 is 11.6 Å². The van der Waals surface area contributed by atoms with Gasteiger partial charge in [-0.3, -0.25) is 9.48 Å². The van der Waals surface area contributed by atoms with Crippen LogP contribution in [0.2, 0.25) is 0 Å². The lowest BCUT2D eigenvalue weighted by Gasteiger charge is -2.08. The third-order valence-corrected chi connectivity index (χ3v) is 5.99. The van der Waals surface area contributed by atoms with Crippen LogP contribution in [0.15, 0.2) is 97.2 Å². The SMILES string of the molecule is Cc1nn(Cc2ccccc2)c(C)c1NC(=O)c1ccn(COc2ccc(-c3ccccc3)cc2)n1. The molecule has 0 radical (unpaired) electrons. The zero-order valence-electron chi connectivity index (χ0n) is 20.3. The first-order chi connectivity index (χ1) is 17.6. The zero-order chi connectivity index (χ0) is 24.9. The maximum atomic E-state index is 12.9. The molecule has 5 aromatic rings. The molecular formula is C29H27N5O2. The Balaban J connectivity index is 1.20. The van der Waals surface area contributed by atoms with E-state index in [1.807, 2.05) is 79.2 Å². The zero-order valence-corrected chi connectivity index (χ0v) is 20.3. The lowest BCUT2D eigenvalue weighted by Crippen LogP contribution is -2.15. The van der Waals surface area contributed by atoms with Gasteiger partial charge in [0.05, 0.1) is 23.6 Å². The first-order valence-electron chi connectivity index (χ1n) is 11.8. The quantitative estimate of drug-likeness (QED) is 0.311. The van der Waals surface area contributed by atoms with E-state index < -0.39 is 0 Å². The topological polar surface area (TPSA) is 74.0 Å². The molecule has 0 bridgehead atoms. The molecule has 0 saturated heterocycles. The van der Waals surface area contributed by atoms with Crippen molar-refractivity contribution in [3.63, 3.8) is 0 Å². The summed E-state index contributed by atoms with van der Waals surface area (Å²) in [4.78, 5) is 12.9. The lowest BCUT2D eigenvalue weighted by atomic mass is 10.1. The van der Waals surface area contributed by atoms with Crippen molar-refractivity contribution in [2.45, 2.75) is 27.1 Å². The van der Waals surface area contributed by atoms with Crippen molar-refractivity contribution in [1.82, 2.24) is 19.6 Å². The molecule has 1 amide bonds. The van der Waals surface area contributed by atoms with Gasteiger partial charge in [-0.2, -0.15) is 10.2 Å². The highest BCUT2D eigenvalue weighted by atomic mass is 16.5. The highest BCUT2D eigenvalue weighted by molar-refractivity contribution is 6.03. The van der Waals surface area contributed by atoms with Crippen LogP contribution in [0.4, 0.5) is 5.69 Å². The molecule has 7 nitrogen and oxygen atoms in total. The first kappa shape index (κ1) is 23.1. The number of aryl methyl sites for hydroxylation is 1. The van der Waals surface area contributed by atoms with Crippen molar-refractivity contribution < 1.29 is 9.53 Å². The maximum absolute atomic E-state index is 12.9. The molecule has 0 spiro atoms. The Labute approximate surface area is 210 Å². The number of carbonyl (C=O) groups excluding carboxylic acids is 1. The summed E-state index contributed by atoms with van der Waals surface area (Å²) in [5.74, 6) is 0.444. The van der Waals surface area contributed by atoms with E-state index in [0.717, 1.165) is 33.8 Å². The Bertz CT molecular complexity index is 1460. The van der Waals surface area contributed by atoms with E-state index in [4.69, 9.17) is 4.74 Å². The molecule has 36 heavy (non-hydrogen) atoms. The molecule has 1 N–H and O–H groups in total. The summed E-state index contributed by atoms with van der Waals surface area (Å²) in [6.45, 7) is 4.68. The van der Waals surface area contributed by atoms with E-state index in [1.165, 1.54) is 0 Å². The third-order valence-electron chi connectivity index (χ3n) is 5.99. The smallest absolute Gasteiger partial charge is 0.276 e. The van der Waals surface area contributed by atoms with Gasteiger partial charge >= 0.3 is 0 Å². The van der Waals surface area contributed by atoms with E-state index >= 15 is 0 Å². The third kappa shape index (κ3) is 5.20. The molecular weight excluding hydrogens is 450 g/mol. The fraction of sp³-hybridized carbons (Fsp3) is 0.138. The molecule has 0 aliphatic rings. The molecule has 7 heteroatoms. The van der Waals surface area contributed by atoms with Crippen molar-refractivity contribution in [2.24, 2.45) is 0 Å². The number of hydrogen-bond acceptors (Lipinski definition) is 4. The predicted octanol–water partition coefficient (Wildman–Crippen LogP) is 5.70. The molecule has 2 aromatic heterocycles. The summed E-state index contributed by atoms with van der Waals surface area (Å²) >= 11 is 0. The van der Waals surface area contributed by atoms with Gasteiger partial charge in [0.1, 0.15) is 5.75 Å². The second-order valence-electron chi connectivity index (χ2n) is 8.55. The maximum Gasteiger partial charge on any atom is 0.276 e. The van der Waals surface area contributed by atoms with Crippen molar-refractivity contribution in [3.05, 3.63) is 120 Å². The van der Waals surface area contributed by atoms with E-state index in [9.17, 15) is 4.79 Å². The summed E-state index contributed by atoms with van der Waals surface area (Å²) < 4.78 is 9.34. The number of anilines is 1. The molecule has 5 rings (SSSR count). The summed E-state index contributed by atoms with van der Waals surface area (Å²) in [5, 5.41) is 11.9. The van der Waals surface area contributed by atoms with E-state index in [2.05, 4.69) is 39.8 Å². The minimum atomic E-state index is -0.286. The van der Waals surface area contributed by atoms with Crippen molar-refractivity contribution in [1.29, 1.82) is 0 Å². The molecule has 0 atom stereocenters. The van der Waals surface area contributed by atoms with Gasteiger partial charge in [0.15, 0.2) is 12.4 Å². The molecule has 3 aromatic carbocycles. The highest BCUT2D eigenvalue weighted by Gasteiger charge is 2.17. The molecule has 0 fully saturated rings. The molecule has 180 valence electrons. The number of hydrogen-bond donors (Lipinski definition) is 1. The van der Waals surface area contributed by atoms with Crippen molar-refractivity contribution in [2.75, 3.05) is 5.32 Å². The average molecular weight is 478 g/mol. The standard InChI is InChI=1S/C29H27N5O2/c1-21-28(22(2)34(31-21)19-23-9-5-3-6-10-23)30-29(35)27-17-18-33(32-27)20-36-26-15-13-25(14-16-26)24-11-7-4-8-12-24/h3-18H,19-20H2,1-2H3,(H,30,35). The van der Waals surface area contributed by atoms with Gasteiger partial charge in [0.2, 0.25) is 0 Å². The van der Waals surface area contributed by atoms with Gasteiger partial charge in [0.25, 0.3) is 5.91 Å². The van der Waals surface area contributed by atoms with Crippen LogP contribution in [-0.2, 0) is 13.3 Å². The number of benzene rings is 3. The fourth-order valence-corrected chi connectivity index (χ4v) is 4.04. The van der Waals surface area contributed by atoms with Gasteiger partial charge in [-0.15, -0.1) is 0 Å². The first-order valence-corrected chi connectivity index (χ1v) is 11.8. The number of rotatable bonds is 8. The van der Waals surface area contributed by atoms with E-state index in [0.29, 0.717) is 17.9 Å². The van der Waals surface area contributed by atoms with Crippen LogP contribution in [-0.4, -0.2) is 25.5 Å². The minimum Gasteiger partial charge on any atom is -0.471 e. The van der Waals surface area contributed by atoms with E-state index in [-0.39, 0.29) is 12.6 Å². The molecule has 0 saturated carbocycles. The lowest BCUT2D eigenvalue weighted by molar-refractivity contribution is 0.102. The fourth-order valence-electron chi connectivity index (χ4n) is 4.04. The second-order valence-corrected chi connectivity index (χ2v) is 8.55. The normalized spacial score (nSPS) is 10.8. The monoisotopic (exact) mass is 477 g/mol. The molecule has 0 unspecified atom stereocenters. The predicted molar refractivity (Wildman–Crippen MR) is 140 cm³/mol. The van der Waals surface area contributed by atoms with Gasteiger partial charge in [-0.05, 0) is 48.7 Å². The molecule has 2 heterocycles. The second kappa shape index (κ2) is 10.3. The Morgan fingerprint density at radius 2 is 1.50 bits per heavy atom. The summed E-state index contributed by atoms with van der Waals surface area (Å²) in [7, 11) is 0. The Morgan fingerprint density at radius 1 is 0.833 bits per heavy atom. The average Bonchev–Trinajstić information content (AvgIpc) is 3.49. The molecule has 0 aliphatic carbocycles. The van der Waals surface area contributed by atoms with Crippen LogP contribution in [0.3, 0.4) is 0 Å². The van der Waals surface area contributed by atoms with Crippen LogP contribution >= 0.6 is 0 Å². The van der Waals surface area contributed by atoms with Gasteiger partial charge in [-0.25, -0.2) is 4.68 Å². The van der Waals surface area contributed by atoms with Gasteiger partial charge in [-0.1, -0.05) is 72.8 Å². The Hall–Kier alpha value is -4.65. The number of aromatic nitrogens is 4. The number of ether oxygens (including phenoxy) is 1. The number of nitrogens with one attached hydrogen (secondary N) is 1. The summed E-state index contributed by atoms with van der Waals surface area (Å²) in [6.07, 6.45) is 1.73. The highest BCUT2D eigenvalue weighted by Crippen LogP contribution is 2.23. The van der Waals surface area contributed by atoms with Gasteiger partial charge in [0, 0.05) is 6.20 Å². The van der Waals surface area contributed by atoms with Crippen LogP contribution in [0.25, 0.3) is 11.1 Å². The van der Waals surface area contributed by atoms with Crippen LogP contribution in [0.1, 0.15) is 27.4 Å². The van der Waals surface area contributed by atoms with E-state index in [1.54, 1.807) is 16.9 Å².